The maximum atomic E-state index is 10.2. The van der Waals surface area contributed by atoms with Crippen LogP contribution in [0.3, 0.4) is 0 Å². The summed E-state index contributed by atoms with van der Waals surface area (Å²) in [6.07, 6.45) is -4.82. The minimum absolute atomic E-state index is 0. The summed E-state index contributed by atoms with van der Waals surface area (Å²) < 4.78 is 4.58. The van der Waals surface area contributed by atoms with Crippen molar-refractivity contribution in [2.75, 3.05) is 13.2 Å². The Bertz CT molecular complexity index is 282. The van der Waals surface area contributed by atoms with Crippen molar-refractivity contribution in [3.63, 3.8) is 0 Å². The fourth-order valence-corrected chi connectivity index (χ4v) is 0.880. The Kier molecular flexibility index (Phi) is 17.6. The lowest BCUT2D eigenvalue weighted by molar-refractivity contribution is -0.137. The van der Waals surface area contributed by atoms with E-state index in [9.17, 15) is 9.59 Å². The van der Waals surface area contributed by atoms with E-state index >= 15 is 0 Å². The molecule has 0 aromatic carbocycles. The summed E-state index contributed by atoms with van der Waals surface area (Å²) in [5, 5.41) is 43.5. The van der Waals surface area contributed by atoms with E-state index in [0.717, 1.165) is 12.5 Å². The summed E-state index contributed by atoms with van der Waals surface area (Å²) in [4.78, 5) is 20.1. The average molecular weight is 312 g/mol. The molecule has 0 fully saturated rings. The average Bonchev–Trinajstić information content (AvgIpc) is 2.49. The van der Waals surface area contributed by atoms with Crippen LogP contribution in [0.25, 0.3) is 0 Å². The van der Waals surface area contributed by atoms with Gasteiger partial charge in [0.15, 0.2) is 6.29 Å². The number of hydrogen-bond acceptors (Lipinski definition) is 8. The number of aliphatic hydroxyl groups excluding tert-OH is 5. The monoisotopic (exact) mass is 312 g/mol. The van der Waals surface area contributed by atoms with Crippen molar-refractivity contribution >= 4 is 12.3 Å². The molecule has 0 aliphatic carbocycles. The molecule has 0 saturated carbocycles. The van der Waals surface area contributed by atoms with Crippen LogP contribution in [0.5, 0.6) is 0 Å². The fraction of sp³-hybridized carbons (Fsp3) is 0.667. The maximum absolute atomic E-state index is 10.2. The van der Waals surface area contributed by atoms with Gasteiger partial charge in [0.25, 0.3) is 0 Å². The molecule has 9 heteroatoms. The highest BCUT2D eigenvalue weighted by Crippen LogP contribution is 2.02. The Morgan fingerprint density at radius 3 is 2.10 bits per heavy atom. The summed E-state index contributed by atoms with van der Waals surface area (Å²) in [7, 11) is 0. The molecular formula is C12H24O9. The van der Waals surface area contributed by atoms with Crippen molar-refractivity contribution in [3.05, 3.63) is 12.7 Å². The number of hydrogen-bond donors (Lipinski definition) is 5. The molecule has 21 heavy (non-hydrogen) atoms. The van der Waals surface area contributed by atoms with Crippen LogP contribution in [0.1, 0.15) is 13.3 Å². The molecule has 0 saturated heterocycles. The van der Waals surface area contributed by atoms with Gasteiger partial charge in [-0.1, -0.05) is 13.5 Å². The van der Waals surface area contributed by atoms with Gasteiger partial charge < -0.3 is 40.5 Å². The van der Waals surface area contributed by atoms with Gasteiger partial charge in [-0.25, -0.2) is 4.79 Å². The Morgan fingerprint density at radius 1 is 1.24 bits per heavy atom. The number of esters is 1. The number of aliphatic hydroxyl groups is 5. The topological polar surface area (TPSA) is 176 Å². The van der Waals surface area contributed by atoms with E-state index in [4.69, 9.17) is 25.5 Å². The summed E-state index contributed by atoms with van der Waals surface area (Å²) in [5.74, 6) is -0.341. The zero-order chi connectivity index (χ0) is 16.1. The standard InChI is InChI=1S/C6H12O6.C6H10O2.H2O/c7-1-3(9)5(11)6(12)4(10)2-8;1-3-5-8-6(7)4-2;/h1,3-6,8-12H,2H2;4H,2-3,5H2,1H3;1H2/t3-,4+,5+,6+;;/m0../s1. The second-order valence-electron chi connectivity index (χ2n) is 3.73. The fourth-order valence-electron chi connectivity index (χ4n) is 0.880. The van der Waals surface area contributed by atoms with Crippen LogP contribution in [-0.2, 0) is 14.3 Å². The van der Waals surface area contributed by atoms with E-state index in [1.807, 2.05) is 6.92 Å². The lowest BCUT2D eigenvalue weighted by Crippen LogP contribution is -2.46. The zero-order valence-electron chi connectivity index (χ0n) is 11.8. The van der Waals surface area contributed by atoms with Crippen molar-refractivity contribution < 1.29 is 45.3 Å². The van der Waals surface area contributed by atoms with Crippen LogP contribution in [0.4, 0.5) is 0 Å². The molecule has 0 aromatic rings. The highest BCUT2D eigenvalue weighted by atomic mass is 16.5. The Balaban J connectivity index is -0.000000317. The van der Waals surface area contributed by atoms with Gasteiger partial charge in [-0.3, -0.25) is 0 Å². The third-order valence-electron chi connectivity index (χ3n) is 2.04. The van der Waals surface area contributed by atoms with Gasteiger partial charge >= 0.3 is 5.97 Å². The number of carbonyl (C=O) groups excluding carboxylic acids is 2. The van der Waals surface area contributed by atoms with Gasteiger partial charge in [-0.15, -0.1) is 0 Å². The number of aldehydes is 1. The molecular weight excluding hydrogens is 288 g/mol. The molecule has 0 amide bonds. The van der Waals surface area contributed by atoms with Crippen LogP contribution in [0.2, 0.25) is 0 Å². The molecule has 0 radical (unpaired) electrons. The summed E-state index contributed by atoms with van der Waals surface area (Å²) >= 11 is 0. The van der Waals surface area contributed by atoms with Crippen molar-refractivity contribution in [2.24, 2.45) is 0 Å². The third-order valence-corrected chi connectivity index (χ3v) is 2.04. The molecule has 0 aliphatic rings. The van der Waals surface area contributed by atoms with E-state index in [-0.39, 0.29) is 17.7 Å². The highest BCUT2D eigenvalue weighted by molar-refractivity contribution is 5.81. The molecule has 0 spiro atoms. The molecule has 0 unspecified atom stereocenters. The van der Waals surface area contributed by atoms with Gasteiger partial charge in [0.1, 0.15) is 24.4 Å². The van der Waals surface area contributed by atoms with E-state index in [0.29, 0.717) is 6.61 Å². The van der Waals surface area contributed by atoms with E-state index in [1.165, 1.54) is 0 Å². The van der Waals surface area contributed by atoms with Gasteiger partial charge in [0, 0.05) is 6.08 Å². The summed E-state index contributed by atoms with van der Waals surface area (Å²) in [6, 6.07) is 0. The van der Waals surface area contributed by atoms with Gasteiger partial charge in [0.2, 0.25) is 0 Å². The number of rotatable bonds is 8. The molecule has 0 rings (SSSR count). The van der Waals surface area contributed by atoms with E-state index < -0.39 is 31.0 Å². The largest absolute Gasteiger partial charge is 0.463 e. The van der Waals surface area contributed by atoms with Crippen LogP contribution in [0, 0.1) is 0 Å². The molecule has 7 N–H and O–H groups in total. The van der Waals surface area contributed by atoms with Crippen LogP contribution >= 0.6 is 0 Å². The van der Waals surface area contributed by atoms with Crippen LogP contribution in [-0.4, -0.2) is 80.9 Å². The Hall–Kier alpha value is -1.36. The summed E-state index contributed by atoms with van der Waals surface area (Å²) in [6.45, 7) is 4.91. The number of ether oxygens (including phenoxy) is 1. The molecule has 0 aromatic heterocycles. The summed E-state index contributed by atoms with van der Waals surface area (Å²) in [5.41, 5.74) is 0. The second kappa shape index (κ2) is 15.0. The normalized spacial score (nSPS) is 15.1. The first-order valence-electron chi connectivity index (χ1n) is 5.93. The van der Waals surface area contributed by atoms with Gasteiger partial charge in [-0.05, 0) is 6.42 Å². The van der Waals surface area contributed by atoms with Crippen LogP contribution < -0.4 is 0 Å². The Morgan fingerprint density at radius 2 is 1.76 bits per heavy atom. The SMILES string of the molecule is C=CC(=O)OCCC.O.O=C[C@H](O)[C@@H](O)[C@H](O)[C@H](O)CO. The van der Waals surface area contributed by atoms with E-state index in [2.05, 4.69) is 11.3 Å². The van der Waals surface area contributed by atoms with Crippen LogP contribution in [0.15, 0.2) is 12.7 Å². The van der Waals surface area contributed by atoms with Gasteiger partial charge in [-0.2, -0.15) is 0 Å². The first-order chi connectivity index (χ1) is 9.35. The maximum Gasteiger partial charge on any atom is 0.330 e. The molecule has 0 aliphatic heterocycles. The first kappa shape index (κ1) is 24.6. The molecule has 9 nitrogen and oxygen atoms in total. The minimum Gasteiger partial charge on any atom is -0.463 e. The predicted molar refractivity (Wildman–Crippen MR) is 72.2 cm³/mol. The van der Waals surface area contributed by atoms with Gasteiger partial charge in [0.05, 0.1) is 13.2 Å². The minimum atomic E-state index is -1.79. The van der Waals surface area contributed by atoms with Crippen molar-refractivity contribution in [2.45, 2.75) is 37.8 Å². The van der Waals surface area contributed by atoms with Crippen molar-refractivity contribution in [1.82, 2.24) is 0 Å². The molecule has 0 bridgehead atoms. The number of carbonyl (C=O) groups is 2. The smallest absolute Gasteiger partial charge is 0.330 e. The van der Waals surface area contributed by atoms with Crippen molar-refractivity contribution in [1.29, 1.82) is 0 Å². The zero-order valence-corrected chi connectivity index (χ0v) is 11.8. The quantitative estimate of drug-likeness (QED) is 0.178. The third kappa shape index (κ3) is 12.1. The first-order valence-corrected chi connectivity index (χ1v) is 5.93. The van der Waals surface area contributed by atoms with Crippen molar-refractivity contribution in [3.8, 4) is 0 Å². The second-order valence-corrected chi connectivity index (χ2v) is 3.73. The lowest BCUT2D eigenvalue weighted by atomic mass is 10.0. The predicted octanol–water partition coefficient (Wildman–Crippen LogP) is -3.08. The molecule has 4 atom stereocenters. The lowest BCUT2D eigenvalue weighted by Gasteiger charge is -2.22. The Labute approximate surface area is 122 Å². The highest BCUT2D eigenvalue weighted by Gasteiger charge is 2.29. The van der Waals surface area contributed by atoms with E-state index in [1.54, 1.807) is 0 Å². The molecule has 0 heterocycles. The molecule has 126 valence electrons.